The summed E-state index contributed by atoms with van der Waals surface area (Å²) >= 11 is 6.28. The largest absolute Gasteiger partial charge is 0.345 e. The highest BCUT2D eigenvalue weighted by Gasteiger charge is 2.29. The Morgan fingerprint density at radius 1 is 1.09 bits per heavy atom. The summed E-state index contributed by atoms with van der Waals surface area (Å²) in [6.07, 6.45) is 1.68. The van der Waals surface area contributed by atoms with E-state index in [0.717, 1.165) is 18.4 Å². The number of rotatable bonds is 5. The average Bonchev–Trinajstić information content (AvgIpc) is 2.73. The standard InChI is InChI=1S/C25H33ClN2O3S/c1-17-12-14-28(15-13-17)32(30,31)21-10-11-23(26)22(16-21)24(29)27-18(2)19-6-8-20(9-7-19)25(3,4)5/h6-11,16-18H,12-15H2,1-5H3,(H,27,29). The van der Waals surface area contributed by atoms with Gasteiger partial charge in [-0.2, -0.15) is 4.31 Å². The normalized spacial score (nSPS) is 17.2. The zero-order valence-electron chi connectivity index (χ0n) is 19.5. The van der Waals surface area contributed by atoms with Crippen LogP contribution in [0.5, 0.6) is 0 Å². The van der Waals surface area contributed by atoms with Gasteiger partial charge in [0.1, 0.15) is 0 Å². The van der Waals surface area contributed by atoms with Gasteiger partial charge in [0.25, 0.3) is 5.91 Å². The predicted octanol–water partition coefficient (Wildman–Crippen LogP) is 5.55. The van der Waals surface area contributed by atoms with Crippen LogP contribution < -0.4 is 5.32 Å². The Bertz CT molecular complexity index is 1070. The SMILES string of the molecule is CC1CCN(S(=O)(=O)c2ccc(Cl)c(C(=O)NC(C)c3ccc(C(C)(C)C)cc3)c2)CC1. The van der Waals surface area contributed by atoms with Crippen LogP contribution in [-0.2, 0) is 15.4 Å². The molecule has 1 fully saturated rings. The summed E-state index contributed by atoms with van der Waals surface area (Å²) in [5.74, 6) is 0.124. The Morgan fingerprint density at radius 3 is 2.25 bits per heavy atom. The maximum absolute atomic E-state index is 13.1. The number of hydrogen-bond donors (Lipinski definition) is 1. The average molecular weight is 477 g/mol. The highest BCUT2D eigenvalue weighted by molar-refractivity contribution is 7.89. The highest BCUT2D eigenvalue weighted by atomic mass is 35.5. The van der Waals surface area contributed by atoms with Crippen LogP contribution in [0.2, 0.25) is 5.02 Å². The first kappa shape index (κ1) is 24.7. The van der Waals surface area contributed by atoms with Gasteiger partial charge >= 0.3 is 0 Å². The van der Waals surface area contributed by atoms with E-state index in [1.165, 1.54) is 28.1 Å². The number of carbonyl (C=O) groups is 1. The van der Waals surface area contributed by atoms with Crippen molar-refractivity contribution in [1.29, 1.82) is 0 Å². The van der Waals surface area contributed by atoms with Gasteiger partial charge in [-0.3, -0.25) is 4.79 Å². The summed E-state index contributed by atoms with van der Waals surface area (Å²) in [6, 6.07) is 12.2. The van der Waals surface area contributed by atoms with Crippen molar-refractivity contribution in [3.8, 4) is 0 Å². The van der Waals surface area contributed by atoms with E-state index in [1.807, 2.05) is 19.1 Å². The summed E-state index contributed by atoms with van der Waals surface area (Å²) in [5, 5.41) is 3.17. The molecule has 7 heteroatoms. The second kappa shape index (κ2) is 9.54. The zero-order chi connectivity index (χ0) is 23.7. The number of benzene rings is 2. The van der Waals surface area contributed by atoms with Crippen molar-refractivity contribution >= 4 is 27.5 Å². The van der Waals surface area contributed by atoms with Crippen LogP contribution in [0.4, 0.5) is 0 Å². The third kappa shape index (κ3) is 5.53. The van der Waals surface area contributed by atoms with Crippen molar-refractivity contribution in [3.05, 3.63) is 64.2 Å². The summed E-state index contributed by atoms with van der Waals surface area (Å²) in [5.41, 5.74) is 2.40. The number of amides is 1. The van der Waals surface area contributed by atoms with Crippen molar-refractivity contribution in [2.24, 2.45) is 5.92 Å². The number of hydrogen-bond acceptors (Lipinski definition) is 3. The minimum atomic E-state index is -3.66. The molecule has 0 bridgehead atoms. The molecule has 174 valence electrons. The van der Waals surface area contributed by atoms with Crippen molar-refractivity contribution in [3.63, 3.8) is 0 Å². The number of sulfonamides is 1. The molecule has 0 radical (unpaired) electrons. The van der Waals surface area contributed by atoms with E-state index in [2.05, 4.69) is 45.1 Å². The Morgan fingerprint density at radius 2 is 1.69 bits per heavy atom. The number of halogens is 1. The lowest BCUT2D eigenvalue weighted by atomic mass is 9.86. The fourth-order valence-electron chi connectivity index (χ4n) is 3.84. The monoisotopic (exact) mass is 476 g/mol. The molecule has 3 rings (SSSR count). The van der Waals surface area contributed by atoms with Gasteiger partial charge in [0.15, 0.2) is 0 Å². The molecule has 1 saturated heterocycles. The Labute approximate surface area is 197 Å². The number of carbonyl (C=O) groups excluding carboxylic acids is 1. The van der Waals surface area contributed by atoms with Gasteiger partial charge in [-0.15, -0.1) is 0 Å². The third-order valence-corrected chi connectivity index (χ3v) is 8.41. The van der Waals surface area contributed by atoms with Gasteiger partial charge < -0.3 is 5.32 Å². The first-order valence-corrected chi connectivity index (χ1v) is 12.9. The molecule has 1 N–H and O–H groups in total. The Hall–Kier alpha value is -1.89. The number of piperidine rings is 1. The molecule has 5 nitrogen and oxygen atoms in total. The van der Waals surface area contributed by atoms with E-state index < -0.39 is 15.9 Å². The molecule has 0 aliphatic carbocycles. The van der Waals surface area contributed by atoms with Crippen LogP contribution in [0.1, 0.15) is 75.0 Å². The van der Waals surface area contributed by atoms with E-state index in [9.17, 15) is 13.2 Å². The van der Waals surface area contributed by atoms with Gasteiger partial charge in [0, 0.05) is 13.1 Å². The molecule has 1 amide bonds. The predicted molar refractivity (Wildman–Crippen MR) is 130 cm³/mol. The fraction of sp³-hybridized carbons (Fsp3) is 0.480. The van der Waals surface area contributed by atoms with Crippen molar-refractivity contribution in [2.45, 2.75) is 63.8 Å². The second-order valence-corrected chi connectivity index (χ2v) is 12.1. The Kier molecular flexibility index (Phi) is 7.38. The molecule has 32 heavy (non-hydrogen) atoms. The molecule has 1 heterocycles. The smallest absolute Gasteiger partial charge is 0.253 e. The van der Waals surface area contributed by atoms with Crippen LogP contribution in [0.3, 0.4) is 0 Å². The lowest BCUT2D eigenvalue weighted by molar-refractivity contribution is 0.0940. The minimum Gasteiger partial charge on any atom is -0.345 e. The molecular weight excluding hydrogens is 444 g/mol. The fourth-order valence-corrected chi connectivity index (χ4v) is 5.54. The topological polar surface area (TPSA) is 66.5 Å². The molecule has 0 spiro atoms. The first-order valence-electron chi connectivity index (χ1n) is 11.1. The molecule has 1 aliphatic heterocycles. The van der Waals surface area contributed by atoms with E-state index in [0.29, 0.717) is 19.0 Å². The maximum Gasteiger partial charge on any atom is 0.253 e. The van der Waals surface area contributed by atoms with E-state index in [4.69, 9.17) is 11.6 Å². The minimum absolute atomic E-state index is 0.0525. The van der Waals surface area contributed by atoms with Crippen molar-refractivity contribution in [2.75, 3.05) is 13.1 Å². The molecule has 0 saturated carbocycles. The van der Waals surface area contributed by atoms with E-state index in [-0.39, 0.29) is 26.9 Å². The summed E-state index contributed by atoms with van der Waals surface area (Å²) in [4.78, 5) is 13.1. The second-order valence-electron chi connectivity index (χ2n) is 9.80. The van der Waals surface area contributed by atoms with Crippen LogP contribution in [0.15, 0.2) is 47.4 Å². The highest BCUT2D eigenvalue weighted by Crippen LogP contribution is 2.28. The van der Waals surface area contributed by atoms with Crippen LogP contribution >= 0.6 is 11.6 Å². The van der Waals surface area contributed by atoms with Gasteiger partial charge in [0.05, 0.1) is 21.5 Å². The van der Waals surface area contributed by atoms with Crippen LogP contribution in [-0.4, -0.2) is 31.7 Å². The molecule has 2 aromatic carbocycles. The third-order valence-electron chi connectivity index (χ3n) is 6.19. The van der Waals surface area contributed by atoms with Gasteiger partial charge in [0.2, 0.25) is 10.0 Å². The lowest BCUT2D eigenvalue weighted by Gasteiger charge is -2.29. The van der Waals surface area contributed by atoms with E-state index >= 15 is 0 Å². The van der Waals surface area contributed by atoms with Crippen molar-refractivity contribution in [1.82, 2.24) is 9.62 Å². The van der Waals surface area contributed by atoms with Gasteiger partial charge in [-0.05, 0) is 60.4 Å². The number of nitrogens with one attached hydrogen (secondary N) is 1. The van der Waals surface area contributed by atoms with Crippen LogP contribution in [0.25, 0.3) is 0 Å². The lowest BCUT2D eigenvalue weighted by Crippen LogP contribution is -2.38. The molecule has 1 aliphatic rings. The van der Waals surface area contributed by atoms with Crippen LogP contribution in [0, 0.1) is 5.92 Å². The van der Waals surface area contributed by atoms with E-state index in [1.54, 1.807) is 0 Å². The summed E-state index contributed by atoms with van der Waals surface area (Å²) in [6.45, 7) is 11.5. The maximum atomic E-state index is 13.1. The molecule has 1 atom stereocenters. The number of nitrogens with zero attached hydrogens (tertiary/aromatic N) is 1. The molecule has 1 unspecified atom stereocenters. The first-order chi connectivity index (χ1) is 14.9. The molecular formula is C25H33ClN2O3S. The molecule has 2 aromatic rings. The van der Waals surface area contributed by atoms with Crippen molar-refractivity contribution < 1.29 is 13.2 Å². The summed E-state index contributed by atoms with van der Waals surface area (Å²) < 4.78 is 27.7. The van der Waals surface area contributed by atoms with Gasteiger partial charge in [-0.1, -0.05) is 63.6 Å². The zero-order valence-corrected chi connectivity index (χ0v) is 21.1. The van der Waals surface area contributed by atoms with Gasteiger partial charge in [-0.25, -0.2) is 8.42 Å². The Balaban J connectivity index is 1.78. The quantitative estimate of drug-likeness (QED) is 0.615. The molecule has 0 aromatic heterocycles. The summed E-state index contributed by atoms with van der Waals surface area (Å²) in [7, 11) is -3.66.